The molecule has 0 spiro atoms. The summed E-state index contributed by atoms with van der Waals surface area (Å²) in [5, 5.41) is 0. The summed E-state index contributed by atoms with van der Waals surface area (Å²) in [7, 11) is 1.66. The monoisotopic (exact) mass is 208 g/mol. The second-order valence-corrected chi connectivity index (χ2v) is 3.96. The summed E-state index contributed by atoms with van der Waals surface area (Å²) in [6, 6.07) is 7.94. The van der Waals surface area contributed by atoms with Gasteiger partial charge in [0.05, 0.1) is 7.11 Å². The van der Waals surface area contributed by atoms with Crippen molar-refractivity contribution < 1.29 is 4.74 Å². The number of rotatable bonds is 5. The van der Waals surface area contributed by atoms with E-state index in [0.29, 0.717) is 12.5 Å². The minimum atomic E-state index is 0.0643. The second kappa shape index (κ2) is 5.73. The van der Waals surface area contributed by atoms with Gasteiger partial charge in [0.15, 0.2) is 0 Å². The molecule has 0 fully saturated rings. The quantitative estimate of drug-likeness (QED) is 0.774. The van der Waals surface area contributed by atoms with Crippen LogP contribution in [0.1, 0.15) is 24.9 Å². The van der Waals surface area contributed by atoms with Crippen LogP contribution in [0.15, 0.2) is 24.3 Å². The Bertz CT molecular complexity index is 284. The van der Waals surface area contributed by atoms with Gasteiger partial charge in [0.2, 0.25) is 0 Å². The molecular formula is C12H20N2O. The first-order valence-corrected chi connectivity index (χ1v) is 5.27. The summed E-state index contributed by atoms with van der Waals surface area (Å²) in [6.45, 7) is 2.80. The van der Waals surface area contributed by atoms with Crippen LogP contribution in [0.2, 0.25) is 0 Å². The minimum absolute atomic E-state index is 0.0643. The molecule has 3 nitrogen and oxygen atoms in total. The number of methoxy groups -OCH3 is 1. The van der Waals surface area contributed by atoms with E-state index in [1.54, 1.807) is 7.11 Å². The van der Waals surface area contributed by atoms with Gasteiger partial charge in [-0.1, -0.05) is 19.1 Å². The summed E-state index contributed by atoms with van der Waals surface area (Å²) >= 11 is 0. The van der Waals surface area contributed by atoms with Crippen molar-refractivity contribution in [2.45, 2.75) is 19.4 Å². The molecule has 0 aliphatic rings. The van der Waals surface area contributed by atoms with E-state index in [4.69, 9.17) is 16.2 Å². The molecule has 15 heavy (non-hydrogen) atoms. The molecule has 0 radical (unpaired) electrons. The summed E-state index contributed by atoms with van der Waals surface area (Å²) in [5.41, 5.74) is 12.8. The maximum absolute atomic E-state index is 6.07. The SMILES string of the molecule is COc1ccc(C(N)CC(C)CN)cc1. The first-order chi connectivity index (χ1) is 7.17. The largest absolute Gasteiger partial charge is 0.497 e. The Morgan fingerprint density at radius 3 is 2.33 bits per heavy atom. The van der Waals surface area contributed by atoms with Gasteiger partial charge in [-0.3, -0.25) is 0 Å². The number of benzene rings is 1. The van der Waals surface area contributed by atoms with Crippen LogP contribution in [0.3, 0.4) is 0 Å². The number of hydrogen-bond acceptors (Lipinski definition) is 3. The van der Waals surface area contributed by atoms with E-state index in [1.165, 1.54) is 0 Å². The van der Waals surface area contributed by atoms with Gasteiger partial charge in [-0.05, 0) is 36.6 Å². The number of nitrogens with two attached hydrogens (primary N) is 2. The summed E-state index contributed by atoms with van der Waals surface area (Å²) in [5.74, 6) is 1.32. The van der Waals surface area contributed by atoms with Gasteiger partial charge in [-0.15, -0.1) is 0 Å². The van der Waals surface area contributed by atoms with Crippen LogP contribution in [0.5, 0.6) is 5.75 Å². The predicted octanol–water partition coefficient (Wildman–Crippen LogP) is 1.68. The molecule has 0 saturated heterocycles. The van der Waals surface area contributed by atoms with Crippen molar-refractivity contribution in [1.82, 2.24) is 0 Å². The molecule has 0 aliphatic heterocycles. The van der Waals surface area contributed by atoms with Gasteiger partial charge in [-0.25, -0.2) is 0 Å². The lowest BCUT2D eigenvalue weighted by molar-refractivity contribution is 0.414. The normalized spacial score (nSPS) is 14.7. The molecule has 3 heteroatoms. The molecule has 0 bridgehead atoms. The van der Waals surface area contributed by atoms with Gasteiger partial charge in [0.1, 0.15) is 5.75 Å². The van der Waals surface area contributed by atoms with E-state index >= 15 is 0 Å². The molecule has 0 saturated carbocycles. The van der Waals surface area contributed by atoms with Crippen molar-refractivity contribution in [1.29, 1.82) is 0 Å². The third-order valence-corrected chi connectivity index (χ3v) is 2.60. The van der Waals surface area contributed by atoms with Crippen molar-refractivity contribution in [3.8, 4) is 5.75 Å². The summed E-state index contributed by atoms with van der Waals surface area (Å²) in [6.07, 6.45) is 0.919. The van der Waals surface area contributed by atoms with E-state index in [1.807, 2.05) is 24.3 Å². The molecule has 0 aliphatic carbocycles. The van der Waals surface area contributed by atoms with Gasteiger partial charge < -0.3 is 16.2 Å². The molecular weight excluding hydrogens is 188 g/mol. The minimum Gasteiger partial charge on any atom is -0.497 e. The Balaban J connectivity index is 2.61. The zero-order valence-electron chi connectivity index (χ0n) is 9.44. The smallest absolute Gasteiger partial charge is 0.118 e. The topological polar surface area (TPSA) is 61.3 Å². The van der Waals surface area contributed by atoms with Crippen LogP contribution in [0.25, 0.3) is 0 Å². The van der Waals surface area contributed by atoms with Gasteiger partial charge in [0.25, 0.3) is 0 Å². The Kier molecular flexibility index (Phi) is 4.59. The first-order valence-electron chi connectivity index (χ1n) is 5.27. The van der Waals surface area contributed by atoms with E-state index in [0.717, 1.165) is 17.7 Å². The lowest BCUT2D eigenvalue weighted by Crippen LogP contribution is -2.19. The van der Waals surface area contributed by atoms with E-state index in [9.17, 15) is 0 Å². The first kappa shape index (κ1) is 12.0. The van der Waals surface area contributed by atoms with Crippen LogP contribution in [-0.2, 0) is 0 Å². The Hall–Kier alpha value is -1.06. The Morgan fingerprint density at radius 2 is 1.87 bits per heavy atom. The van der Waals surface area contributed by atoms with Crippen LogP contribution >= 0.6 is 0 Å². The second-order valence-electron chi connectivity index (χ2n) is 3.96. The van der Waals surface area contributed by atoms with Crippen molar-refractivity contribution in [3.63, 3.8) is 0 Å². The lowest BCUT2D eigenvalue weighted by atomic mass is 9.97. The van der Waals surface area contributed by atoms with Gasteiger partial charge >= 0.3 is 0 Å². The molecule has 0 heterocycles. The zero-order valence-corrected chi connectivity index (χ0v) is 9.44. The Labute approximate surface area is 91.4 Å². The Morgan fingerprint density at radius 1 is 1.27 bits per heavy atom. The fraction of sp³-hybridized carbons (Fsp3) is 0.500. The lowest BCUT2D eigenvalue weighted by Gasteiger charge is -2.16. The molecule has 2 atom stereocenters. The van der Waals surface area contributed by atoms with Crippen molar-refractivity contribution in [3.05, 3.63) is 29.8 Å². The van der Waals surface area contributed by atoms with Gasteiger partial charge in [0, 0.05) is 6.04 Å². The van der Waals surface area contributed by atoms with E-state index in [-0.39, 0.29) is 6.04 Å². The molecule has 1 aromatic rings. The zero-order chi connectivity index (χ0) is 11.3. The fourth-order valence-corrected chi connectivity index (χ4v) is 1.52. The van der Waals surface area contributed by atoms with Crippen molar-refractivity contribution >= 4 is 0 Å². The maximum Gasteiger partial charge on any atom is 0.118 e. The maximum atomic E-state index is 6.07. The van der Waals surface area contributed by atoms with Crippen molar-refractivity contribution in [2.75, 3.05) is 13.7 Å². The molecule has 1 aromatic carbocycles. The van der Waals surface area contributed by atoms with Crippen LogP contribution in [0.4, 0.5) is 0 Å². The third kappa shape index (κ3) is 3.53. The van der Waals surface area contributed by atoms with Gasteiger partial charge in [-0.2, -0.15) is 0 Å². The van der Waals surface area contributed by atoms with Crippen LogP contribution < -0.4 is 16.2 Å². The highest BCUT2D eigenvalue weighted by atomic mass is 16.5. The summed E-state index contributed by atoms with van der Waals surface area (Å²) < 4.78 is 5.09. The average Bonchev–Trinajstić information content (AvgIpc) is 2.29. The predicted molar refractivity (Wildman–Crippen MR) is 62.8 cm³/mol. The third-order valence-electron chi connectivity index (χ3n) is 2.60. The molecule has 0 aromatic heterocycles. The van der Waals surface area contributed by atoms with E-state index in [2.05, 4.69) is 6.92 Å². The van der Waals surface area contributed by atoms with Crippen molar-refractivity contribution in [2.24, 2.45) is 17.4 Å². The molecule has 84 valence electrons. The van der Waals surface area contributed by atoms with Crippen LogP contribution in [-0.4, -0.2) is 13.7 Å². The van der Waals surface area contributed by atoms with Crippen LogP contribution in [0, 0.1) is 5.92 Å². The number of hydrogen-bond donors (Lipinski definition) is 2. The molecule has 0 amide bonds. The molecule has 1 rings (SSSR count). The highest BCUT2D eigenvalue weighted by molar-refractivity contribution is 5.28. The van der Waals surface area contributed by atoms with E-state index < -0.39 is 0 Å². The molecule has 2 unspecified atom stereocenters. The standard InChI is InChI=1S/C12H20N2O/c1-9(8-13)7-12(14)10-3-5-11(15-2)6-4-10/h3-6,9,12H,7-8,13-14H2,1-2H3. The highest BCUT2D eigenvalue weighted by Crippen LogP contribution is 2.20. The molecule has 4 N–H and O–H groups in total. The average molecular weight is 208 g/mol. The summed E-state index contributed by atoms with van der Waals surface area (Å²) in [4.78, 5) is 0. The number of ether oxygens (including phenoxy) is 1. The highest BCUT2D eigenvalue weighted by Gasteiger charge is 2.09. The fourth-order valence-electron chi connectivity index (χ4n) is 1.52.